The van der Waals surface area contributed by atoms with Gasteiger partial charge in [0.25, 0.3) is 0 Å². The van der Waals surface area contributed by atoms with Crippen molar-refractivity contribution in [1.29, 1.82) is 0 Å². The molecule has 1 aliphatic rings. The molecule has 1 aromatic heterocycles. The molecular weight excluding hydrogens is 392 g/mol. The van der Waals surface area contributed by atoms with Gasteiger partial charge in [-0.15, -0.1) is 29.5 Å². The maximum atomic E-state index is 13.3. The van der Waals surface area contributed by atoms with E-state index in [1.54, 1.807) is 17.4 Å². The van der Waals surface area contributed by atoms with E-state index in [1.165, 1.54) is 15.3 Å². The Bertz CT molecular complexity index is 864. The molecule has 3 rings (SSSR count). The lowest BCUT2D eigenvalue weighted by Crippen LogP contribution is -2.47. The molecule has 28 heavy (non-hydrogen) atoms. The summed E-state index contributed by atoms with van der Waals surface area (Å²) in [5.74, 6) is 0.0767. The number of fused-ring (bicyclic) bond motifs is 1. The lowest BCUT2D eigenvalue weighted by Gasteiger charge is -2.38. The average Bonchev–Trinajstić information content (AvgIpc) is 3.16. The molecule has 1 unspecified atom stereocenters. The molecule has 0 N–H and O–H groups in total. The molecule has 2 aromatic rings. The van der Waals surface area contributed by atoms with E-state index in [4.69, 9.17) is 11.6 Å². The SMILES string of the molecule is C=CCN(CC(=O)N1CCc2sccc2C1c1ccccc1C)C(=O)CCCl. The molecule has 0 bridgehead atoms. The van der Waals surface area contributed by atoms with Crippen molar-refractivity contribution in [3.05, 3.63) is 69.9 Å². The van der Waals surface area contributed by atoms with Crippen LogP contribution in [0, 0.1) is 6.92 Å². The Kier molecular flexibility index (Phi) is 6.92. The van der Waals surface area contributed by atoms with E-state index in [0.717, 1.165) is 17.5 Å². The Hall–Kier alpha value is -2.11. The first kappa shape index (κ1) is 20.6. The number of benzene rings is 1. The normalized spacial score (nSPS) is 15.8. The molecule has 1 aliphatic heterocycles. The molecule has 0 radical (unpaired) electrons. The predicted octanol–water partition coefficient (Wildman–Crippen LogP) is 4.17. The van der Waals surface area contributed by atoms with Gasteiger partial charge in [0.1, 0.15) is 6.54 Å². The van der Waals surface area contributed by atoms with Crippen molar-refractivity contribution in [3.63, 3.8) is 0 Å². The summed E-state index contributed by atoms with van der Waals surface area (Å²) in [7, 11) is 0. The first-order valence-electron chi connectivity index (χ1n) is 9.42. The second-order valence-electron chi connectivity index (χ2n) is 6.90. The summed E-state index contributed by atoms with van der Waals surface area (Å²) >= 11 is 7.47. The largest absolute Gasteiger partial charge is 0.330 e. The molecule has 148 valence electrons. The van der Waals surface area contributed by atoms with Crippen molar-refractivity contribution in [2.24, 2.45) is 0 Å². The third-order valence-electron chi connectivity index (χ3n) is 5.11. The van der Waals surface area contributed by atoms with Crippen molar-refractivity contribution in [3.8, 4) is 0 Å². The standard InChI is InChI=1S/C22H25ClN2O2S/c1-3-12-24(20(26)8-11-23)15-21(27)25-13-9-19-18(10-14-28-19)22(25)17-7-5-4-6-16(17)2/h3-7,10,14,22H,1,8-9,11-13,15H2,2H3. The number of alkyl halides is 1. The van der Waals surface area contributed by atoms with Gasteiger partial charge in [-0.2, -0.15) is 0 Å². The van der Waals surface area contributed by atoms with Gasteiger partial charge >= 0.3 is 0 Å². The van der Waals surface area contributed by atoms with Crippen LogP contribution < -0.4 is 0 Å². The summed E-state index contributed by atoms with van der Waals surface area (Å²) < 4.78 is 0. The van der Waals surface area contributed by atoms with Crippen LogP contribution in [0.5, 0.6) is 0 Å². The van der Waals surface area contributed by atoms with Crippen LogP contribution in [-0.2, 0) is 16.0 Å². The Morgan fingerprint density at radius 1 is 1.32 bits per heavy atom. The Balaban J connectivity index is 1.90. The minimum absolute atomic E-state index is 0.0452. The molecule has 6 heteroatoms. The zero-order valence-electron chi connectivity index (χ0n) is 16.1. The van der Waals surface area contributed by atoms with Crippen LogP contribution in [0.3, 0.4) is 0 Å². The second kappa shape index (κ2) is 9.39. The monoisotopic (exact) mass is 416 g/mol. The molecule has 0 fully saturated rings. The zero-order valence-corrected chi connectivity index (χ0v) is 17.6. The van der Waals surface area contributed by atoms with Gasteiger partial charge in [0, 0.05) is 30.3 Å². The Morgan fingerprint density at radius 3 is 2.82 bits per heavy atom. The first-order valence-corrected chi connectivity index (χ1v) is 10.8. The Morgan fingerprint density at radius 2 is 2.11 bits per heavy atom. The Labute approximate surface area is 175 Å². The number of thiophene rings is 1. The summed E-state index contributed by atoms with van der Waals surface area (Å²) in [5.41, 5.74) is 3.49. The molecule has 4 nitrogen and oxygen atoms in total. The van der Waals surface area contributed by atoms with Crippen molar-refractivity contribution in [1.82, 2.24) is 9.80 Å². The quantitative estimate of drug-likeness (QED) is 0.502. The lowest BCUT2D eigenvalue weighted by molar-refractivity contribution is -0.141. The molecule has 1 aromatic carbocycles. The van der Waals surface area contributed by atoms with E-state index in [9.17, 15) is 9.59 Å². The summed E-state index contributed by atoms with van der Waals surface area (Å²) in [5, 5.41) is 2.10. The van der Waals surface area contributed by atoms with Crippen molar-refractivity contribution >= 4 is 34.8 Å². The fraction of sp³-hybridized carbons (Fsp3) is 0.364. The highest BCUT2D eigenvalue weighted by molar-refractivity contribution is 7.10. The topological polar surface area (TPSA) is 40.6 Å². The highest BCUT2D eigenvalue weighted by Crippen LogP contribution is 2.38. The molecule has 0 aliphatic carbocycles. The maximum absolute atomic E-state index is 13.3. The number of hydrogen-bond acceptors (Lipinski definition) is 3. The number of carbonyl (C=O) groups excluding carboxylic acids is 2. The molecule has 0 saturated heterocycles. The van der Waals surface area contributed by atoms with Gasteiger partial charge in [-0.05, 0) is 41.5 Å². The van der Waals surface area contributed by atoms with E-state index >= 15 is 0 Å². The number of nitrogens with zero attached hydrogens (tertiary/aromatic N) is 2. The summed E-state index contributed by atoms with van der Waals surface area (Å²) in [6, 6.07) is 10.2. The van der Waals surface area contributed by atoms with Crippen molar-refractivity contribution in [2.45, 2.75) is 25.8 Å². The number of halogens is 1. The third-order valence-corrected chi connectivity index (χ3v) is 6.29. The fourth-order valence-electron chi connectivity index (χ4n) is 3.72. The van der Waals surface area contributed by atoms with Crippen LogP contribution in [0.2, 0.25) is 0 Å². The van der Waals surface area contributed by atoms with Gasteiger partial charge in [-0.1, -0.05) is 30.3 Å². The average molecular weight is 417 g/mol. The minimum atomic E-state index is -0.121. The second-order valence-corrected chi connectivity index (χ2v) is 8.28. The van der Waals surface area contributed by atoms with Gasteiger partial charge in [0.2, 0.25) is 11.8 Å². The van der Waals surface area contributed by atoms with Crippen molar-refractivity contribution < 1.29 is 9.59 Å². The first-order chi connectivity index (χ1) is 13.6. The number of hydrogen-bond donors (Lipinski definition) is 0. The molecule has 1 atom stereocenters. The van der Waals surface area contributed by atoms with Crippen LogP contribution in [-0.4, -0.2) is 47.1 Å². The maximum Gasteiger partial charge on any atom is 0.243 e. The van der Waals surface area contributed by atoms with Crippen LogP contribution in [0.1, 0.15) is 34.0 Å². The van der Waals surface area contributed by atoms with Gasteiger partial charge in [-0.25, -0.2) is 0 Å². The summed E-state index contributed by atoms with van der Waals surface area (Å²) in [4.78, 5) is 30.4. The van der Waals surface area contributed by atoms with Crippen LogP contribution in [0.15, 0.2) is 48.4 Å². The molecule has 2 amide bonds. The van der Waals surface area contributed by atoms with Gasteiger partial charge in [0.15, 0.2) is 0 Å². The smallest absolute Gasteiger partial charge is 0.243 e. The fourth-order valence-corrected chi connectivity index (χ4v) is 4.78. The van der Waals surface area contributed by atoms with Gasteiger partial charge in [-0.3, -0.25) is 9.59 Å². The number of rotatable bonds is 7. The van der Waals surface area contributed by atoms with Crippen molar-refractivity contribution in [2.75, 3.05) is 25.5 Å². The van der Waals surface area contributed by atoms with E-state index < -0.39 is 0 Å². The van der Waals surface area contributed by atoms with E-state index in [-0.39, 0.29) is 36.7 Å². The molecule has 0 spiro atoms. The molecule has 2 heterocycles. The highest BCUT2D eigenvalue weighted by Gasteiger charge is 2.34. The van der Waals surface area contributed by atoms with Crippen LogP contribution in [0.25, 0.3) is 0 Å². The van der Waals surface area contributed by atoms with Gasteiger partial charge in [0.05, 0.1) is 6.04 Å². The lowest BCUT2D eigenvalue weighted by atomic mass is 9.90. The van der Waals surface area contributed by atoms with E-state index in [0.29, 0.717) is 13.1 Å². The molecular formula is C22H25ClN2O2S. The highest BCUT2D eigenvalue weighted by atomic mass is 35.5. The zero-order chi connectivity index (χ0) is 20.1. The minimum Gasteiger partial charge on any atom is -0.330 e. The van der Waals surface area contributed by atoms with E-state index in [1.807, 2.05) is 17.0 Å². The van der Waals surface area contributed by atoms with E-state index in [2.05, 4.69) is 37.1 Å². The number of amides is 2. The molecule has 0 saturated carbocycles. The van der Waals surface area contributed by atoms with Gasteiger partial charge < -0.3 is 9.80 Å². The predicted molar refractivity (Wildman–Crippen MR) is 115 cm³/mol. The van der Waals surface area contributed by atoms with Crippen LogP contribution >= 0.6 is 22.9 Å². The summed E-state index contributed by atoms with van der Waals surface area (Å²) in [6.45, 7) is 6.82. The number of carbonyl (C=O) groups is 2. The van der Waals surface area contributed by atoms with Crippen LogP contribution in [0.4, 0.5) is 0 Å². The number of aryl methyl sites for hydroxylation is 1. The third kappa shape index (κ3) is 4.31. The summed E-state index contributed by atoms with van der Waals surface area (Å²) in [6.07, 6.45) is 2.71.